The van der Waals surface area contributed by atoms with Gasteiger partial charge in [-0.1, -0.05) is 133 Å². The molecule has 20 nitrogen and oxygen atoms in total. The molecule has 2 atom stereocenters. The van der Waals surface area contributed by atoms with Crippen LogP contribution in [0.5, 0.6) is 23.0 Å². The molecule has 0 saturated carbocycles. The molecule has 0 radical (unpaired) electrons. The van der Waals surface area contributed by atoms with E-state index in [1.807, 2.05) is 149 Å². The second-order valence-electron chi connectivity index (χ2n) is 24.9. The Morgan fingerprint density at radius 2 is 0.931 bits per heavy atom. The van der Waals surface area contributed by atoms with Crippen LogP contribution in [-0.2, 0) is 43.3 Å². The van der Waals surface area contributed by atoms with Gasteiger partial charge in [0.15, 0.2) is 29.2 Å². The Hall–Kier alpha value is -13.0. The van der Waals surface area contributed by atoms with E-state index in [9.17, 15) is 25.2 Å². The monoisotopic (exact) mass is 1360 g/mol. The van der Waals surface area contributed by atoms with Crippen molar-refractivity contribution in [3.05, 3.63) is 338 Å². The van der Waals surface area contributed by atoms with Crippen molar-refractivity contribution >= 4 is 40.2 Å². The maximum atomic E-state index is 11.4. The Kier molecular flexibility index (Phi) is 21.0. The third-order valence-corrected chi connectivity index (χ3v) is 17.8. The van der Waals surface area contributed by atoms with E-state index in [0.29, 0.717) is 61.5 Å². The van der Waals surface area contributed by atoms with Gasteiger partial charge in [0.1, 0.15) is 51.9 Å². The third kappa shape index (κ3) is 16.9. The number of piperazine rings is 2. The van der Waals surface area contributed by atoms with E-state index in [0.717, 1.165) is 102 Å². The molecule has 20 heteroatoms. The van der Waals surface area contributed by atoms with Crippen LogP contribution < -0.4 is 35.6 Å². The fourth-order valence-corrected chi connectivity index (χ4v) is 13.0. The highest BCUT2D eigenvalue weighted by atomic mass is 16.5. The first-order valence-electron chi connectivity index (χ1n) is 33.7. The number of benzene rings is 8. The number of carbonyl (C=O) groups excluding carboxylic acids is 1. The summed E-state index contributed by atoms with van der Waals surface area (Å²) in [5, 5.41) is 48.1. The number of aromatic nitrogens is 4. The van der Waals surface area contributed by atoms with E-state index in [1.165, 1.54) is 16.9 Å². The smallest absolute Gasteiger partial charge is 0.314 e. The predicted molar refractivity (Wildman–Crippen MR) is 397 cm³/mol. The minimum absolute atomic E-state index is 0.0301. The topological polar surface area (TPSA) is 220 Å². The van der Waals surface area contributed by atoms with E-state index < -0.39 is 0 Å². The van der Waals surface area contributed by atoms with E-state index in [-0.39, 0.29) is 41.1 Å². The van der Waals surface area contributed by atoms with Gasteiger partial charge < -0.3 is 84.1 Å². The van der Waals surface area contributed by atoms with Crippen molar-refractivity contribution in [1.29, 1.82) is 0 Å². The number of anilines is 4. The summed E-state index contributed by atoms with van der Waals surface area (Å²) in [5.74, 6) is 5.32. The molecule has 6 aliphatic heterocycles. The standard InChI is InChI=1S/C21H19N3O2.C21H22N2O3.C20H17N3O2.C20H21N3O2/c1-15-22-12-20(26-15)21-19(11-16-6-3-2-4-7-16)23-14-24(21)13-17-8-5-9-18(25)10-17;24-19-8-4-7-17(13-19)23-12-11-22(16-5-2-1-3-6-16)15-18(23)14-20-9-10-21(25)26-20;1-14-21-11-18(25-14)20-19(16-7-3-2-4-8-16)22-13-23(20)12-15-6-5-9-17(24)10-15;1-15-21-13-20(25-15)19-14-22(16-6-3-2-4-7-16)10-11-23(19)17-8-5-9-18(24)12-17/h2-10,12,14,22,25H,1,11,13H2;1-9,13,18,24H,10-12,14-15H2;2-11,13,21,24H,1,12H2;2-9,12-13,19,21,24H,1,10-11,14H2. The summed E-state index contributed by atoms with van der Waals surface area (Å²) in [5.41, 5.74) is 12.1. The average Bonchev–Trinajstić information content (AvgIpc) is 1.09. The van der Waals surface area contributed by atoms with E-state index >= 15 is 0 Å². The molecule has 6 aliphatic rings. The number of carbonyl (C=O) groups is 1. The van der Waals surface area contributed by atoms with Crippen LogP contribution in [0.25, 0.3) is 22.8 Å². The van der Waals surface area contributed by atoms with E-state index in [2.05, 4.69) is 114 Å². The molecule has 0 bridgehead atoms. The van der Waals surface area contributed by atoms with Crippen LogP contribution in [0.2, 0.25) is 0 Å². The summed E-state index contributed by atoms with van der Waals surface area (Å²) in [6.45, 7) is 17.7. The van der Waals surface area contributed by atoms with Crippen LogP contribution in [0.15, 0.2) is 305 Å². The Morgan fingerprint density at radius 3 is 1.46 bits per heavy atom. The highest BCUT2D eigenvalue weighted by Gasteiger charge is 2.35. The molecule has 7 N–H and O–H groups in total. The number of phenols is 4. The lowest BCUT2D eigenvalue weighted by atomic mass is 10.0. The molecule has 2 unspecified atom stereocenters. The third-order valence-electron chi connectivity index (χ3n) is 17.8. The average molecular weight is 1360 g/mol. The highest BCUT2D eigenvalue weighted by Crippen LogP contribution is 2.36. The van der Waals surface area contributed by atoms with Gasteiger partial charge in [0.2, 0.25) is 0 Å². The first kappa shape index (κ1) is 67.6. The summed E-state index contributed by atoms with van der Waals surface area (Å²) in [6.07, 6.45) is 12.7. The van der Waals surface area contributed by atoms with Crippen molar-refractivity contribution in [1.82, 2.24) is 35.1 Å². The number of cyclic esters (lactones) is 1. The summed E-state index contributed by atoms with van der Waals surface area (Å²) >= 11 is 0. The van der Waals surface area contributed by atoms with Gasteiger partial charge in [-0.2, -0.15) is 0 Å². The van der Waals surface area contributed by atoms with Crippen molar-refractivity contribution in [2.75, 3.05) is 58.9 Å². The number of rotatable bonds is 16. The van der Waals surface area contributed by atoms with Crippen molar-refractivity contribution in [2.24, 2.45) is 0 Å². The van der Waals surface area contributed by atoms with Gasteiger partial charge in [0.05, 0.1) is 36.5 Å². The summed E-state index contributed by atoms with van der Waals surface area (Å²) < 4.78 is 26.6. The lowest BCUT2D eigenvalue weighted by Crippen LogP contribution is -2.54. The number of esters is 1. The number of para-hydroxylation sites is 2. The van der Waals surface area contributed by atoms with Crippen LogP contribution in [0.3, 0.4) is 0 Å². The number of ether oxygens (including phenoxy) is 4. The van der Waals surface area contributed by atoms with Crippen molar-refractivity contribution in [3.8, 4) is 34.3 Å². The van der Waals surface area contributed by atoms with Crippen LogP contribution in [0.1, 0.15) is 46.6 Å². The second-order valence-corrected chi connectivity index (χ2v) is 24.9. The van der Waals surface area contributed by atoms with Crippen molar-refractivity contribution < 1.29 is 44.2 Å². The SMILES string of the molecule is C=C1NC=C(C2CN(c3ccccc3)CCN2c2cccc(O)c2)O1.C=C1NC=C(c2c(-c3ccccc3)ncn2Cc2cccc(O)c2)O1.C=C1NC=C(c2c(Cc3ccccc3)ncn2Cc2cccc(O)c2)O1.O=C1CC=C(CC2CN(c3ccccc3)CCN2c2cccc(O)c2)O1. The zero-order valence-electron chi connectivity index (χ0n) is 56.2. The lowest BCUT2D eigenvalue weighted by molar-refractivity contribution is -0.136. The molecule has 2 fully saturated rings. The van der Waals surface area contributed by atoms with E-state index in [1.54, 1.807) is 67.3 Å². The summed E-state index contributed by atoms with van der Waals surface area (Å²) in [4.78, 5) is 30.0. The number of nitrogens with zero attached hydrogens (tertiary/aromatic N) is 8. The van der Waals surface area contributed by atoms with Crippen LogP contribution in [0.4, 0.5) is 22.7 Å². The first-order chi connectivity index (χ1) is 49.8. The largest absolute Gasteiger partial charge is 0.508 e. The van der Waals surface area contributed by atoms with Crippen molar-refractivity contribution in [2.45, 2.75) is 44.4 Å². The number of nitrogens with one attached hydrogen (secondary N) is 3. The van der Waals surface area contributed by atoms with Crippen LogP contribution in [-0.4, -0.2) is 96.8 Å². The molecular formula is C82H79N11O9. The minimum atomic E-state index is -0.181. The molecule has 516 valence electrons. The number of hydrogen-bond acceptors (Lipinski definition) is 18. The Labute approximate surface area is 592 Å². The molecule has 8 aromatic carbocycles. The second kappa shape index (κ2) is 31.7. The Balaban J connectivity index is 0.000000121. The molecule has 2 saturated heterocycles. The normalized spacial score (nSPS) is 16.7. The summed E-state index contributed by atoms with van der Waals surface area (Å²) in [6, 6.07) is 70.2. The van der Waals surface area contributed by atoms with Gasteiger partial charge in [0.25, 0.3) is 0 Å². The maximum absolute atomic E-state index is 11.4. The fraction of sp³-hybridized carbons (Fsp3) is 0.159. The zero-order valence-corrected chi connectivity index (χ0v) is 56.2. The van der Waals surface area contributed by atoms with Gasteiger partial charge in [-0.25, -0.2) is 9.97 Å². The fourth-order valence-electron chi connectivity index (χ4n) is 13.0. The maximum Gasteiger partial charge on any atom is 0.314 e. The molecule has 102 heavy (non-hydrogen) atoms. The molecule has 16 rings (SSSR count). The first-order valence-corrected chi connectivity index (χ1v) is 33.7. The van der Waals surface area contributed by atoms with Crippen molar-refractivity contribution in [3.63, 3.8) is 0 Å². The molecule has 2 aromatic heterocycles. The predicted octanol–water partition coefficient (Wildman–Crippen LogP) is 13.6. The zero-order chi connectivity index (χ0) is 70.3. The number of aromatic hydroxyl groups is 4. The lowest BCUT2D eigenvalue weighted by Gasteiger charge is -2.44. The molecule has 0 spiro atoms. The summed E-state index contributed by atoms with van der Waals surface area (Å²) in [7, 11) is 0. The quantitative estimate of drug-likeness (QED) is 0.0447. The highest BCUT2D eigenvalue weighted by molar-refractivity contribution is 5.76. The van der Waals surface area contributed by atoms with Crippen LogP contribution >= 0.6 is 0 Å². The van der Waals surface area contributed by atoms with Gasteiger partial charge in [-0.3, -0.25) is 4.79 Å². The van der Waals surface area contributed by atoms with Gasteiger partial charge >= 0.3 is 5.97 Å². The number of hydrogen-bond donors (Lipinski definition) is 7. The van der Waals surface area contributed by atoms with Gasteiger partial charge in [-0.15, -0.1) is 0 Å². The van der Waals surface area contributed by atoms with E-state index in [4.69, 9.17) is 18.9 Å². The molecular weight excluding hydrogens is 1280 g/mol. The Morgan fingerprint density at radius 1 is 0.461 bits per heavy atom. The molecule has 0 amide bonds. The number of phenolic OH excluding ortho intramolecular Hbond substituents is 4. The van der Waals surface area contributed by atoms with Gasteiger partial charge in [0, 0.05) is 124 Å². The Bertz CT molecular complexity index is 4750. The van der Waals surface area contributed by atoms with Gasteiger partial charge in [-0.05, 0) is 115 Å². The minimum Gasteiger partial charge on any atom is -0.508 e. The van der Waals surface area contributed by atoms with Crippen LogP contribution in [0, 0.1) is 0 Å². The molecule has 0 aliphatic carbocycles. The molecule has 10 aromatic rings. The molecule has 8 heterocycles. The number of imidazole rings is 2.